The number of nitrogens with zero attached hydrogens (tertiary/aromatic N) is 4. The SMILES string of the molecule is COc1ccc(-n2ccc(C(=O)OCCc3cnccn3)n2)cc1. The van der Waals surface area contributed by atoms with Crippen LogP contribution in [0.5, 0.6) is 5.75 Å². The van der Waals surface area contributed by atoms with Crippen LogP contribution in [0.25, 0.3) is 5.69 Å². The fraction of sp³-hybridized carbons (Fsp3) is 0.176. The van der Waals surface area contributed by atoms with Crippen LogP contribution in [-0.4, -0.2) is 39.4 Å². The molecule has 0 aliphatic heterocycles. The van der Waals surface area contributed by atoms with E-state index in [0.29, 0.717) is 6.42 Å². The van der Waals surface area contributed by atoms with Gasteiger partial charge in [-0.2, -0.15) is 5.10 Å². The summed E-state index contributed by atoms with van der Waals surface area (Å²) in [5, 5.41) is 4.23. The summed E-state index contributed by atoms with van der Waals surface area (Å²) in [5.74, 6) is 0.292. The maximum atomic E-state index is 12.0. The van der Waals surface area contributed by atoms with Gasteiger partial charge in [-0.3, -0.25) is 9.97 Å². The summed E-state index contributed by atoms with van der Waals surface area (Å²) in [6.45, 7) is 0.229. The molecule has 122 valence electrons. The van der Waals surface area contributed by atoms with E-state index in [-0.39, 0.29) is 12.3 Å². The summed E-state index contributed by atoms with van der Waals surface area (Å²) in [5.41, 5.74) is 1.86. The topological polar surface area (TPSA) is 79.1 Å². The van der Waals surface area contributed by atoms with Crippen LogP contribution in [0.4, 0.5) is 0 Å². The number of carbonyl (C=O) groups excluding carboxylic acids is 1. The van der Waals surface area contributed by atoms with Gasteiger partial charge in [0.2, 0.25) is 0 Å². The van der Waals surface area contributed by atoms with Gasteiger partial charge < -0.3 is 9.47 Å². The normalized spacial score (nSPS) is 10.4. The van der Waals surface area contributed by atoms with Crippen LogP contribution in [0.2, 0.25) is 0 Å². The van der Waals surface area contributed by atoms with Crippen molar-refractivity contribution in [2.75, 3.05) is 13.7 Å². The molecule has 0 aliphatic rings. The number of benzene rings is 1. The second-order valence-corrected chi connectivity index (χ2v) is 4.93. The Hall–Kier alpha value is -3.22. The fourth-order valence-corrected chi connectivity index (χ4v) is 2.09. The lowest BCUT2D eigenvalue weighted by atomic mass is 10.3. The highest BCUT2D eigenvalue weighted by atomic mass is 16.5. The Kier molecular flexibility index (Phi) is 4.81. The number of hydrogen-bond acceptors (Lipinski definition) is 6. The summed E-state index contributed by atoms with van der Waals surface area (Å²) >= 11 is 0. The summed E-state index contributed by atoms with van der Waals surface area (Å²) in [6.07, 6.45) is 7.07. The number of rotatable bonds is 6. The molecule has 3 aromatic rings. The van der Waals surface area contributed by atoms with Gasteiger partial charge in [0.15, 0.2) is 5.69 Å². The van der Waals surface area contributed by atoms with E-state index in [1.807, 2.05) is 24.3 Å². The second-order valence-electron chi connectivity index (χ2n) is 4.93. The average Bonchev–Trinajstić information content (AvgIpc) is 3.13. The number of carbonyl (C=O) groups is 1. The molecule has 0 fully saturated rings. The van der Waals surface area contributed by atoms with Crippen molar-refractivity contribution < 1.29 is 14.3 Å². The molecule has 0 amide bonds. The number of methoxy groups -OCH3 is 1. The molecular weight excluding hydrogens is 308 g/mol. The van der Waals surface area contributed by atoms with E-state index in [0.717, 1.165) is 17.1 Å². The molecule has 2 aromatic heterocycles. The predicted molar refractivity (Wildman–Crippen MR) is 86.1 cm³/mol. The van der Waals surface area contributed by atoms with Gasteiger partial charge in [0, 0.05) is 31.2 Å². The molecule has 0 unspecified atom stereocenters. The maximum absolute atomic E-state index is 12.0. The summed E-state index contributed by atoms with van der Waals surface area (Å²) < 4.78 is 11.9. The molecule has 0 aliphatic carbocycles. The first-order valence-corrected chi connectivity index (χ1v) is 7.38. The van der Waals surface area contributed by atoms with Gasteiger partial charge in [-0.1, -0.05) is 0 Å². The van der Waals surface area contributed by atoms with E-state index in [1.165, 1.54) is 0 Å². The van der Waals surface area contributed by atoms with Crippen molar-refractivity contribution in [3.8, 4) is 11.4 Å². The molecule has 1 aromatic carbocycles. The first-order valence-electron chi connectivity index (χ1n) is 7.38. The first kappa shape index (κ1) is 15.7. The van der Waals surface area contributed by atoms with E-state index < -0.39 is 5.97 Å². The van der Waals surface area contributed by atoms with E-state index in [2.05, 4.69) is 15.1 Å². The lowest BCUT2D eigenvalue weighted by Gasteiger charge is -2.04. The molecule has 24 heavy (non-hydrogen) atoms. The monoisotopic (exact) mass is 324 g/mol. The second kappa shape index (κ2) is 7.36. The van der Waals surface area contributed by atoms with Gasteiger partial charge in [-0.05, 0) is 30.3 Å². The van der Waals surface area contributed by atoms with Crippen molar-refractivity contribution in [2.24, 2.45) is 0 Å². The molecule has 7 heteroatoms. The molecule has 0 saturated carbocycles. The third-order valence-corrected chi connectivity index (χ3v) is 3.34. The van der Waals surface area contributed by atoms with E-state index in [9.17, 15) is 4.79 Å². The molecular formula is C17H16N4O3. The number of ether oxygens (including phenoxy) is 2. The molecule has 0 saturated heterocycles. The van der Waals surface area contributed by atoms with E-state index in [4.69, 9.17) is 9.47 Å². The first-order chi connectivity index (χ1) is 11.8. The Bertz CT molecular complexity index is 800. The van der Waals surface area contributed by atoms with Gasteiger partial charge >= 0.3 is 5.97 Å². The minimum absolute atomic E-state index is 0.229. The Morgan fingerprint density at radius 1 is 1.17 bits per heavy atom. The van der Waals surface area contributed by atoms with Crippen LogP contribution in [0.3, 0.4) is 0 Å². The molecule has 0 bridgehead atoms. The van der Waals surface area contributed by atoms with Crippen LogP contribution in [0.1, 0.15) is 16.2 Å². The lowest BCUT2D eigenvalue weighted by molar-refractivity contribution is 0.0501. The molecule has 0 radical (unpaired) electrons. The minimum Gasteiger partial charge on any atom is -0.497 e. The van der Waals surface area contributed by atoms with Gasteiger partial charge in [0.25, 0.3) is 0 Å². The van der Waals surface area contributed by atoms with Gasteiger partial charge in [-0.25, -0.2) is 9.48 Å². The van der Waals surface area contributed by atoms with Crippen molar-refractivity contribution in [1.29, 1.82) is 0 Å². The Morgan fingerprint density at radius 3 is 2.71 bits per heavy atom. The Labute approximate surface area is 138 Å². The number of esters is 1. The summed E-state index contributed by atoms with van der Waals surface area (Å²) in [6, 6.07) is 8.99. The van der Waals surface area contributed by atoms with Gasteiger partial charge in [-0.15, -0.1) is 0 Å². The van der Waals surface area contributed by atoms with E-state index in [1.54, 1.807) is 42.6 Å². The van der Waals surface area contributed by atoms with Gasteiger partial charge in [0.1, 0.15) is 5.75 Å². The fourth-order valence-electron chi connectivity index (χ4n) is 2.09. The predicted octanol–water partition coefficient (Wildman–Crippen LogP) is 2.07. The van der Waals surface area contributed by atoms with Crippen LogP contribution < -0.4 is 4.74 Å². The van der Waals surface area contributed by atoms with Crippen LogP contribution >= 0.6 is 0 Å². The summed E-state index contributed by atoms with van der Waals surface area (Å²) in [7, 11) is 1.61. The standard InChI is InChI=1S/C17H16N4O3/c1-23-15-4-2-14(3-5-15)21-10-6-16(20-21)17(22)24-11-7-13-12-18-8-9-19-13/h2-6,8-10,12H,7,11H2,1H3. The Morgan fingerprint density at radius 2 is 2.00 bits per heavy atom. The molecule has 7 nitrogen and oxygen atoms in total. The molecule has 2 heterocycles. The average molecular weight is 324 g/mol. The van der Waals surface area contributed by atoms with Crippen molar-refractivity contribution >= 4 is 5.97 Å². The van der Waals surface area contributed by atoms with Crippen molar-refractivity contribution in [3.05, 3.63) is 66.5 Å². The van der Waals surface area contributed by atoms with E-state index >= 15 is 0 Å². The van der Waals surface area contributed by atoms with Crippen molar-refractivity contribution in [1.82, 2.24) is 19.7 Å². The Balaban J connectivity index is 1.59. The highest BCUT2D eigenvalue weighted by Crippen LogP contribution is 2.14. The number of aromatic nitrogens is 4. The van der Waals surface area contributed by atoms with Crippen molar-refractivity contribution in [3.63, 3.8) is 0 Å². The molecule has 3 rings (SSSR count). The highest BCUT2D eigenvalue weighted by molar-refractivity contribution is 5.87. The van der Waals surface area contributed by atoms with Crippen LogP contribution in [0, 0.1) is 0 Å². The zero-order valence-electron chi connectivity index (χ0n) is 13.1. The largest absolute Gasteiger partial charge is 0.497 e. The zero-order valence-corrected chi connectivity index (χ0v) is 13.1. The van der Waals surface area contributed by atoms with Gasteiger partial charge in [0.05, 0.1) is 25.1 Å². The van der Waals surface area contributed by atoms with Crippen LogP contribution in [-0.2, 0) is 11.2 Å². The quantitative estimate of drug-likeness (QED) is 0.646. The molecule has 0 atom stereocenters. The molecule has 0 spiro atoms. The maximum Gasteiger partial charge on any atom is 0.358 e. The van der Waals surface area contributed by atoms with Crippen molar-refractivity contribution in [2.45, 2.75) is 6.42 Å². The smallest absolute Gasteiger partial charge is 0.358 e. The third kappa shape index (κ3) is 3.75. The summed E-state index contributed by atoms with van der Waals surface area (Å²) in [4.78, 5) is 20.1. The minimum atomic E-state index is -0.467. The third-order valence-electron chi connectivity index (χ3n) is 3.34. The van der Waals surface area contributed by atoms with Crippen LogP contribution in [0.15, 0.2) is 55.1 Å². The number of hydrogen-bond donors (Lipinski definition) is 0. The molecule has 0 N–H and O–H groups in total. The zero-order chi connectivity index (χ0) is 16.8. The lowest BCUT2D eigenvalue weighted by Crippen LogP contribution is -2.10. The highest BCUT2D eigenvalue weighted by Gasteiger charge is 2.12.